The van der Waals surface area contributed by atoms with E-state index in [1.807, 2.05) is 43.3 Å². The average molecular weight is 417 g/mol. The molecule has 0 fully saturated rings. The molecule has 0 heterocycles. The number of aryl methyl sites for hydroxylation is 1. The summed E-state index contributed by atoms with van der Waals surface area (Å²) >= 11 is 0. The molecule has 0 aliphatic carbocycles. The minimum absolute atomic E-state index is 0.343. The maximum Gasteiger partial charge on any atom is 0.338 e. The van der Waals surface area contributed by atoms with E-state index in [1.165, 1.54) is 6.92 Å². The quantitative estimate of drug-likeness (QED) is 0.463. The predicted octanol–water partition coefficient (Wildman–Crippen LogP) is 4.06. The largest absolute Gasteiger partial charge is 0.452 e. The highest BCUT2D eigenvalue weighted by molar-refractivity contribution is 5.91. The van der Waals surface area contributed by atoms with E-state index in [-0.39, 0.29) is 18.5 Å². The number of benzene rings is 3. The second kappa shape index (κ2) is 10.2. The number of carbonyl (C=O) groups is 3. The van der Waals surface area contributed by atoms with E-state index in [1.54, 1.807) is 36.4 Å². The number of nitrogens with one attached hydrogen (secondary N) is 1. The molecule has 3 rings (SSSR count). The van der Waals surface area contributed by atoms with Crippen LogP contribution in [-0.2, 0) is 20.9 Å². The van der Waals surface area contributed by atoms with E-state index < -0.39 is 5.97 Å². The van der Waals surface area contributed by atoms with Crippen LogP contribution in [0.4, 0.5) is 0 Å². The first-order valence-electron chi connectivity index (χ1n) is 9.79. The van der Waals surface area contributed by atoms with Crippen molar-refractivity contribution < 1.29 is 23.9 Å². The van der Waals surface area contributed by atoms with Crippen molar-refractivity contribution in [3.63, 3.8) is 0 Å². The van der Waals surface area contributed by atoms with Crippen molar-refractivity contribution in [3.05, 3.63) is 89.5 Å². The Balaban J connectivity index is 1.51. The van der Waals surface area contributed by atoms with E-state index in [9.17, 15) is 14.4 Å². The number of amides is 1. The summed E-state index contributed by atoms with van der Waals surface area (Å²) in [6.45, 7) is 3.36. The zero-order chi connectivity index (χ0) is 22.2. The van der Waals surface area contributed by atoms with Gasteiger partial charge in [0, 0.05) is 13.5 Å². The summed E-state index contributed by atoms with van der Waals surface area (Å²) in [5, 5.41) is 2.75. The lowest BCUT2D eigenvalue weighted by atomic mass is 10.0. The van der Waals surface area contributed by atoms with Gasteiger partial charge in [-0.3, -0.25) is 9.59 Å². The van der Waals surface area contributed by atoms with Gasteiger partial charge in [-0.25, -0.2) is 4.79 Å². The van der Waals surface area contributed by atoms with Crippen LogP contribution in [0.3, 0.4) is 0 Å². The summed E-state index contributed by atoms with van der Waals surface area (Å²) in [5.41, 5.74) is 4.25. The Labute approximate surface area is 180 Å². The van der Waals surface area contributed by atoms with Crippen molar-refractivity contribution in [1.82, 2.24) is 5.32 Å². The molecule has 0 saturated carbocycles. The molecule has 0 radical (unpaired) electrons. The third kappa shape index (κ3) is 6.27. The molecular formula is C25H23NO5. The average Bonchev–Trinajstić information content (AvgIpc) is 2.77. The van der Waals surface area contributed by atoms with Gasteiger partial charge in [0.25, 0.3) is 5.91 Å². The number of carbonyl (C=O) groups excluding carboxylic acids is 3. The molecule has 0 unspecified atom stereocenters. The minimum Gasteiger partial charge on any atom is -0.452 e. The van der Waals surface area contributed by atoms with Gasteiger partial charge in [0.2, 0.25) is 0 Å². The third-order valence-corrected chi connectivity index (χ3v) is 4.64. The van der Waals surface area contributed by atoms with Gasteiger partial charge < -0.3 is 14.8 Å². The molecule has 0 saturated heterocycles. The molecule has 0 aliphatic rings. The van der Waals surface area contributed by atoms with Crippen LogP contribution in [0, 0.1) is 6.92 Å². The van der Waals surface area contributed by atoms with E-state index in [2.05, 4.69) is 5.32 Å². The van der Waals surface area contributed by atoms with Crippen LogP contribution >= 0.6 is 0 Å². The van der Waals surface area contributed by atoms with Crippen LogP contribution < -0.4 is 10.1 Å². The van der Waals surface area contributed by atoms with E-state index in [0.29, 0.717) is 17.9 Å². The summed E-state index contributed by atoms with van der Waals surface area (Å²) in [6, 6.07) is 21.7. The SMILES string of the molecule is CC(=O)Oc1ccc(-c2ccc(C(=O)OCC(=O)NCc3ccccc3C)cc2)cc1. The number of hydrogen-bond donors (Lipinski definition) is 1. The third-order valence-electron chi connectivity index (χ3n) is 4.64. The van der Waals surface area contributed by atoms with Gasteiger partial charge in [-0.15, -0.1) is 0 Å². The molecule has 31 heavy (non-hydrogen) atoms. The summed E-state index contributed by atoms with van der Waals surface area (Å²) in [6.07, 6.45) is 0. The predicted molar refractivity (Wildman–Crippen MR) is 116 cm³/mol. The highest BCUT2D eigenvalue weighted by atomic mass is 16.5. The van der Waals surface area contributed by atoms with E-state index >= 15 is 0 Å². The van der Waals surface area contributed by atoms with Gasteiger partial charge in [0.1, 0.15) is 5.75 Å². The van der Waals surface area contributed by atoms with Gasteiger partial charge in [-0.2, -0.15) is 0 Å². The first kappa shape index (κ1) is 21.8. The smallest absolute Gasteiger partial charge is 0.338 e. The molecule has 0 atom stereocenters. The van der Waals surface area contributed by atoms with Crippen LogP contribution in [0.5, 0.6) is 5.75 Å². The lowest BCUT2D eigenvalue weighted by Gasteiger charge is -2.09. The Kier molecular flexibility index (Phi) is 7.17. The minimum atomic E-state index is -0.567. The van der Waals surface area contributed by atoms with Crippen molar-refractivity contribution in [2.75, 3.05) is 6.61 Å². The molecule has 0 bridgehead atoms. The monoisotopic (exact) mass is 417 g/mol. The highest BCUT2D eigenvalue weighted by Gasteiger charge is 2.11. The first-order valence-corrected chi connectivity index (χ1v) is 9.79. The Hall–Kier alpha value is -3.93. The number of rotatable bonds is 7. The van der Waals surface area contributed by atoms with Gasteiger partial charge >= 0.3 is 11.9 Å². The van der Waals surface area contributed by atoms with Gasteiger partial charge in [0.05, 0.1) is 5.56 Å². The fourth-order valence-corrected chi connectivity index (χ4v) is 2.95. The standard InChI is InChI=1S/C25H23NO5/c1-17-5-3-4-6-22(17)15-26-24(28)16-30-25(29)21-9-7-19(8-10-21)20-11-13-23(14-12-20)31-18(2)27/h3-14H,15-16H2,1-2H3,(H,26,28). The molecule has 6 heteroatoms. The topological polar surface area (TPSA) is 81.7 Å². The van der Waals surface area contributed by atoms with E-state index in [4.69, 9.17) is 9.47 Å². The number of hydrogen-bond acceptors (Lipinski definition) is 5. The molecule has 0 spiro atoms. The summed E-state index contributed by atoms with van der Waals surface area (Å²) < 4.78 is 10.1. The second-order valence-electron chi connectivity index (χ2n) is 6.97. The van der Waals surface area contributed by atoms with Crippen LogP contribution in [0.1, 0.15) is 28.4 Å². The molecule has 0 aromatic heterocycles. The summed E-state index contributed by atoms with van der Waals surface area (Å²) in [4.78, 5) is 35.2. The van der Waals surface area contributed by atoms with Crippen LogP contribution in [0.2, 0.25) is 0 Å². The zero-order valence-electron chi connectivity index (χ0n) is 17.4. The van der Waals surface area contributed by atoms with Gasteiger partial charge in [0.15, 0.2) is 6.61 Å². The molecule has 158 valence electrons. The molecule has 6 nitrogen and oxygen atoms in total. The fourth-order valence-electron chi connectivity index (χ4n) is 2.95. The normalized spacial score (nSPS) is 10.3. The Morgan fingerprint density at radius 2 is 1.45 bits per heavy atom. The second-order valence-corrected chi connectivity index (χ2v) is 6.97. The Morgan fingerprint density at radius 3 is 2.06 bits per heavy atom. The maximum atomic E-state index is 12.2. The van der Waals surface area contributed by atoms with E-state index in [0.717, 1.165) is 22.3 Å². The molecule has 1 amide bonds. The van der Waals surface area contributed by atoms with Crippen molar-refractivity contribution in [1.29, 1.82) is 0 Å². The lowest BCUT2D eigenvalue weighted by molar-refractivity contribution is -0.131. The van der Waals surface area contributed by atoms with Crippen molar-refractivity contribution >= 4 is 17.8 Å². The lowest BCUT2D eigenvalue weighted by Crippen LogP contribution is -2.28. The van der Waals surface area contributed by atoms with Crippen LogP contribution in [0.25, 0.3) is 11.1 Å². The van der Waals surface area contributed by atoms with Crippen molar-refractivity contribution in [3.8, 4) is 16.9 Å². The van der Waals surface area contributed by atoms with Crippen LogP contribution in [0.15, 0.2) is 72.8 Å². The summed E-state index contributed by atoms with van der Waals surface area (Å²) in [7, 11) is 0. The summed E-state index contributed by atoms with van der Waals surface area (Å²) in [5.74, 6) is -0.833. The highest BCUT2D eigenvalue weighted by Crippen LogP contribution is 2.23. The molecule has 1 N–H and O–H groups in total. The van der Waals surface area contributed by atoms with Gasteiger partial charge in [-0.05, 0) is 53.4 Å². The maximum absolute atomic E-state index is 12.2. The molecule has 0 aliphatic heterocycles. The Bertz CT molecular complexity index is 1070. The molecule has 3 aromatic carbocycles. The number of esters is 2. The fraction of sp³-hybridized carbons (Fsp3) is 0.160. The van der Waals surface area contributed by atoms with Crippen LogP contribution in [-0.4, -0.2) is 24.5 Å². The molecule has 3 aromatic rings. The number of ether oxygens (including phenoxy) is 2. The first-order chi connectivity index (χ1) is 14.9. The molecular weight excluding hydrogens is 394 g/mol. The Morgan fingerprint density at radius 1 is 0.839 bits per heavy atom. The van der Waals surface area contributed by atoms with Crippen molar-refractivity contribution in [2.24, 2.45) is 0 Å². The zero-order valence-corrected chi connectivity index (χ0v) is 17.4. The van der Waals surface area contributed by atoms with Crippen molar-refractivity contribution in [2.45, 2.75) is 20.4 Å². The van der Waals surface area contributed by atoms with Gasteiger partial charge in [-0.1, -0.05) is 48.5 Å².